The van der Waals surface area contributed by atoms with Gasteiger partial charge in [0.05, 0.1) is 8.07 Å². The van der Waals surface area contributed by atoms with Gasteiger partial charge in [-0.3, -0.25) is 0 Å². The zero-order valence-corrected chi connectivity index (χ0v) is 19.0. The number of nitrogens with zero attached hydrogens (tertiary/aromatic N) is 1. The molecule has 3 nitrogen and oxygen atoms in total. The Labute approximate surface area is 170 Å². The topological polar surface area (TPSA) is 29.5 Å². The van der Waals surface area contributed by atoms with Gasteiger partial charge in [0.1, 0.15) is 5.60 Å². The Morgan fingerprint density at radius 3 is 1.89 bits per heavy atom. The summed E-state index contributed by atoms with van der Waals surface area (Å²) in [5, 5.41) is 0. The van der Waals surface area contributed by atoms with E-state index in [2.05, 4.69) is 80.3 Å². The molecule has 0 radical (unpaired) electrons. The molecule has 1 saturated heterocycles. The van der Waals surface area contributed by atoms with Crippen LogP contribution >= 0.6 is 0 Å². The van der Waals surface area contributed by atoms with Crippen molar-refractivity contribution in [1.29, 1.82) is 0 Å². The van der Waals surface area contributed by atoms with Gasteiger partial charge in [0, 0.05) is 24.0 Å². The predicted octanol–water partition coefficient (Wildman–Crippen LogP) is 6.05. The van der Waals surface area contributed by atoms with Crippen molar-refractivity contribution in [2.45, 2.75) is 63.5 Å². The molecular weight excluding hydrogens is 362 g/mol. The average Bonchev–Trinajstić information content (AvgIpc) is 3.03. The molecule has 0 unspecified atom stereocenters. The molecule has 3 rings (SSSR count). The van der Waals surface area contributed by atoms with Crippen LogP contribution in [0.15, 0.2) is 60.7 Å². The third kappa shape index (κ3) is 4.49. The van der Waals surface area contributed by atoms with Crippen LogP contribution in [0.25, 0.3) is 0 Å². The third-order valence-electron chi connectivity index (χ3n) is 5.43. The molecule has 1 amide bonds. The highest BCUT2D eigenvalue weighted by Gasteiger charge is 2.51. The molecular formula is C24H33NO2Si. The van der Waals surface area contributed by atoms with Gasteiger partial charge in [-0.2, -0.15) is 0 Å². The van der Waals surface area contributed by atoms with E-state index in [4.69, 9.17) is 4.74 Å². The molecule has 1 aliphatic heterocycles. The Hall–Kier alpha value is -2.07. The van der Waals surface area contributed by atoms with Gasteiger partial charge in [-0.25, -0.2) is 4.79 Å². The maximum atomic E-state index is 13.2. The van der Waals surface area contributed by atoms with Crippen LogP contribution in [0.4, 0.5) is 4.79 Å². The molecule has 0 aromatic heterocycles. The second kappa shape index (κ2) is 7.74. The summed E-state index contributed by atoms with van der Waals surface area (Å²) in [6.45, 7) is 13.6. The molecule has 0 bridgehead atoms. The van der Waals surface area contributed by atoms with Gasteiger partial charge >= 0.3 is 6.09 Å². The first-order valence-electron chi connectivity index (χ1n) is 10.2. The molecule has 0 N–H and O–H groups in total. The first kappa shape index (κ1) is 20.7. The zero-order valence-electron chi connectivity index (χ0n) is 18.0. The fourth-order valence-corrected chi connectivity index (χ4v) is 7.12. The number of ether oxygens (including phenoxy) is 1. The number of amides is 1. The van der Waals surface area contributed by atoms with Gasteiger partial charge in [-0.05, 0) is 31.9 Å². The lowest BCUT2D eigenvalue weighted by Crippen LogP contribution is -2.53. The van der Waals surface area contributed by atoms with Crippen LogP contribution in [-0.4, -0.2) is 36.9 Å². The number of hydrogen-bond donors (Lipinski definition) is 0. The summed E-state index contributed by atoms with van der Waals surface area (Å²) < 4.78 is 5.82. The summed E-state index contributed by atoms with van der Waals surface area (Å²) in [5.74, 6) is 0.552. The highest BCUT2D eigenvalue weighted by molar-refractivity contribution is 6.78. The van der Waals surface area contributed by atoms with Gasteiger partial charge in [0.15, 0.2) is 0 Å². The molecule has 3 atom stereocenters. The summed E-state index contributed by atoms with van der Waals surface area (Å²) >= 11 is 0. The van der Waals surface area contributed by atoms with Crippen molar-refractivity contribution in [1.82, 2.24) is 4.90 Å². The number of benzene rings is 2. The van der Waals surface area contributed by atoms with E-state index in [1.807, 2.05) is 25.7 Å². The van der Waals surface area contributed by atoms with Gasteiger partial charge in [-0.1, -0.05) is 80.3 Å². The van der Waals surface area contributed by atoms with Crippen molar-refractivity contribution in [3.8, 4) is 0 Å². The second-order valence-corrected chi connectivity index (χ2v) is 15.2. The monoisotopic (exact) mass is 395 g/mol. The van der Waals surface area contributed by atoms with Gasteiger partial charge < -0.3 is 9.64 Å². The molecule has 28 heavy (non-hydrogen) atoms. The fourth-order valence-electron chi connectivity index (χ4n) is 4.47. The summed E-state index contributed by atoms with van der Waals surface area (Å²) in [7, 11) is -1.72. The molecule has 1 fully saturated rings. The maximum absolute atomic E-state index is 13.2. The Morgan fingerprint density at radius 1 is 0.929 bits per heavy atom. The van der Waals surface area contributed by atoms with Crippen LogP contribution in [0.1, 0.15) is 43.7 Å². The van der Waals surface area contributed by atoms with E-state index in [1.54, 1.807) is 0 Å². The summed E-state index contributed by atoms with van der Waals surface area (Å²) in [5.41, 5.74) is 2.31. The number of likely N-dealkylation sites (tertiary alicyclic amines) is 1. The van der Waals surface area contributed by atoms with E-state index in [1.165, 1.54) is 11.1 Å². The van der Waals surface area contributed by atoms with Crippen molar-refractivity contribution >= 4 is 14.2 Å². The standard InChI is InChI=1S/C24H33NO2Si/c1-24(2,3)27-23(26)25-17-20(18-13-9-7-10-14-18)21(22(25)28(4,5)6)19-15-11-8-12-16-19/h7-16,20-22H,17H2,1-6H3/t20-,21-,22+/m0/s1. The van der Waals surface area contributed by atoms with E-state index >= 15 is 0 Å². The summed E-state index contributed by atoms with van der Waals surface area (Å²) in [6.07, 6.45) is -0.181. The quantitative estimate of drug-likeness (QED) is 0.592. The fraction of sp³-hybridized carbons (Fsp3) is 0.458. The third-order valence-corrected chi connectivity index (χ3v) is 7.88. The van der Waals surface area contributed by atoms with Crippen LogP contribution < -0.4 is 0 Å². The highest BCUT2D eigenvalue weighted by atomic mass is 28.3. The highest BCUT2D eigenvalue weighted by Crippen LogP contribution is 2.47. The molecule has 4 heteroatoms. The van der Waals surface area contributed by atoms with E-state index in [0.717, 1.165) is 0 Å². The largest absolute Gasteiger partial charge is 0.444 e. The van der Waals surface area contributed by atoms with Crippen molar-refractivity contribution < 1.29 is 9.53 Å². The molecule has 150 valence electrons. The van der Waals surface area contributed by atoms with Crippen LogP contribution in [-0.2, 0) is 4.74 Å². The molecule has 0 aliphatic carbocycles. The Balaban J connectivity index is 2.08. The normalized spacial score (nSPS) is 22.9. The van der Waals surface area contributed by atoms with Crippen LogP contribution in [0.2, 0.25) is 19.6 Å². The van der Waals surface area contributed by atoms with E-state index in [9.17, 15) is 4.79 Å². The van der Waals surface area contributed by atoms with Crippen molar-refractivity contribution in [2.75, 3.05) is 6.54 Å². The zero-order chi connectivity index (χ0) is 20.5. The van der Waals surface area contributed by atoms with Crippen molar-refractivity contribution in [3.63, 3.8) is 0 Å². The average molecular weight is 396 g/mol. The van der Waals surface area contributed by atoms with E-state index in [-0.39, 0.29) is 23.6 Å². The Morgan fingerprint density at radius 2 is 1.43 bits per heavy atom. The minimum absolute atomic E-state index is 0.181. The molecule has 2 aromatic rings. The minimum Gasteiger partial charge on any atom is -0.444 e. The number of hydrogen-bond acceptors (Lipinski definition) is 2. The molecule has 0 spiro atoms. The van der Waals surface area contributed by atoms with E-state index in [0.29, 0.717) is 6.54 Å². The van der Waals surface area contributed by atoms with Crippen LogP contribution in [0.5, 0.6) is 0 Å². The lowest BCUT2D eigenvalue weighted by Gasteiger charge is -2.38. The number of carbonyl (C=O) groups excluding carboxylic acids is 1. The number of carbonyl (C=O) groups is 1. The summed E-state index contributed by atoms with van der Waals surface area (Å²) in [6, 6.07) is 21.3. The van der Waals surface area contributed by atoms with Gasteiger partial charge in [-0.15, -0.1) is 0 Å². The smallest absolute Gasteiger partial charge is 0.410 e. The first-order valence-corrected chi connectivity index (χ1v) is 13.8. The predicted molar refractivity (Wildman–Crippen MR) is 118 cm³/mol. The second-order valence-electron chi connectivity index (χ2n) is 9.90. The van der Waals surface area contributed by atoms with E-state index < -0.39 is 13.7 Å². The van der Waals surface area contributed by atoms with Gasteiger partial charge in [0.25, 0.3) is 0 Å². The van der Waals surface area contributed by atoms with Crippen LogP contribution in [0, 0.1) is 0 Å². The van der Waals surface area contributed by atoms with Gasteiger partial charge in [0.2, 0.25) is 0 Å². The SMILES string of the molecule is CC(C)(C)OC(=O)N1C[C@@H](c2ccccc2)[C@H](c2ccccc2)[C@H]1[Si](C)(C)C. The maximum Gasteiger partial charge on any atom is 0.410 e. The molecule has 2 aromatic carbocycles. The molecule has 0 saturated carbocycles. The van der Waals surface area contributed by atoms with Crippen molar-refractivity contribution in [3.05, 3.63) is 71.8 Å². The Kier molecular flexibility index (Phi) is 5.71. The summed E-state index contributed by atoms with van der Waals surface area (Å²) in [4.78, 5) is 15.2. The van der Waals surface area contributed by atoms with Crippen molar-refractivity contribution in [2.24, 2.45) is 0 Å². The lowest BCUT2D eigenvalue weighted by molar-refractivity contribution is 0.0261. The molecule has 1 aliphatic rings. The first-order chi connectivity index (χ1) is 13.1. The Bertz CT molecular complexity index is 793. The lowest BCUT2D eigenvalue weighted by atomic mass is 9.84. The minimum atomic E-state index is -1.72. The number of rotatable bonds is 3. The van der Waals surface area contributed by atoms with Crippen LogP contribution in [0.3, 0.4) is 0 Å². The molecule has 1 heterocycles.